The van der Waals surface area contributed by atoms with Crippen LogP contribution in [0.4, 0.5) is 0 Å². The smallest absolute Gasteiger partial charge is 0.330 e. The molecule has 3 aromatic heterocycles. The Labute approximate surface area is 198 Å². The summed E-state index contributed by atoms with van der Waals surface area (Å²) in [5, 5.41) is 1.11. The minimum atomic E-state index is -3.69. The van der Waals surface area contributed by atoms with E-state index in [0.29, 0.717) is 30.6 Å². The number of hydrogen-bond donors (Lipinski definition) is 1. The van der Waals surface area contributed by atoms with Gasteiger partial charge < -0.3 is 4.57 Å². The standard InChI is InChI=1S/C24H29N5O4S/c1-5-8-18(13-21(30)26-34(4,32)33)29-23-20(11-7-12-25-23)28(24(29)31)15-17-14-27(3)19-10-6-9-16(2)22(17)19/h6-7,9-12,14,18H,5,8,13,15H2,1-4H3,(H,26,30). The van der Waals surface area contributed by atoms with Gasteiger partial charge in [-0.2, -0.15) is 0 Å². The Bertz CT molecular complexity index is 1540. The largest absolute Gasteiger partial charge is 0.350 e. The average molecular weight is 484 g/mol. The van der Waals surface area contributed by atoms with E-state index in [4.69, 9.17) is 0 Å². The molecule has 0 fully saturated rings. The van der Waals surface area contributed by atoms with E-state index in [9.17, 15) is 18.0 Å². The van der Waals surface area contributed by atoms with Crippen LogP contribution in [0.3, 0.4) is 0 Å². The number of aromatic nitrogens is 4. The molecule has 0 saturated heterocycles. The second-order valence-corrected chi connectivity index (χ2v) is 10.5. The quantitative estimate of drug-likeness (QED) is 0.415. The maximum atomic E-state index is 13.7. The first kappa shape index (κ1) is 23.7. The number of amides is 1. The molecule has 0 saturated carbocycles. The fraction of sp³-hybridized carbons (Fsp3) is 0.375. The molecule has 1 N–H and O–H groups in total. The molecule has 1 amide bonds. The van der Waals surface area contributed by atoms with Crippen LogP contribution < -0.4 is 10.4 Å². The average Bonchev–Trinajstić information content (AvgIpc) is 3.22. The Hall–Kier alpha value is -3.40. The van der Waals surface area contributed by atoms with E-state index in [1.807, 2.05) is 37.0 Å². The van der Waals surface area contributed by atoms with Crippen molar-refractivity contribution in [3.05, 3.63) is 64.3 Å². The zero-order valence-electron chi connectivity index (χ0n) is 19.8. The summed E-state index contributed by atoms with van der Waals surface area (Å²) in [6.45, 7) is 4.36. The third-order valence-corrected chi connectivity index (χ3v) is 6.66. The van der Waals surface area contributed by atoms with Gasteiger partial charge in [-0.3, -0.25) is 18.7 Å². The van der Waals surface area contributed by atoms with Crippen LogP contribution in [0.25, 0.3) is 22.1 Å². The van der Waals surface area contributed by atoms with Crippen LogP contribution in [-0.4, -0.2) is 39.3 Å². The normalized spacial score (nSPS) is 12.9. The fourth-order valence-electron chi connectivity index (χ4n) is 4.73. The van der Waals surface area contributed by atoms with Crippen LogP contribution in [-0.2, 0) is 28.4 Å². The Morgan fingerprint density at radius 3 is 2.62 bits per heavy atom. The summed E-state index contributed by atoms with van der Waals surface area (Å²) in [5.41, 5.74) is 4.11. The number of aryl methyl sites for hydroxylation is 2. The monoisotopic (exact) mass is 483 g/mol. The van der Waals surface area contributed by atoms with Crippen LogP contribution >= 0.6 is 0 Å². The van der Waals surface area contributed by atoms with Gasteiger partial charge >= 0.3 is 5.69 Å². The summed E-state index contributed by atoms with van der Waals surface area (Å²) >= 11 is 0. The van der Waals surface area contributed by atoms with Crippen molar-refractivity contribution in [1.29, 1.82) is 0 Å². The molecule has 0 radical (unpaired) electrons. The van der Waals surface area contributed by atoms with Gasteiger partial charge in [-0.05, 0) is 42.7 Å². The summed E-state index contributed by atoms with van der Waals surface area (Å²) in [6, 6.07) is 9.22. The van der Waals surface area contributed by atoms with Crippen molar-refractivity contribution >= 4 is 38.0 Å². The highest BCUT2D eigenvalue weighted by Gasteiger charge is 2.25. The predicted molar refractivity (Wildman–Crippen MR) is 132 cm³/mol. The SMILES string of the molecule is CCCC(CC(=O)NS(C)(=O)=O)n1c(=O)n(Cc2cn(C)c3cccc(C)c23)c2cccnc21. The molecule has 10 heteroatoms. The molecule has 0 spiro atoms. The van der Waals surface area contributed by atoms with E-state index < -0.39 is 22.0 Å². The number of nitrogens with one attached hydrogen (secondary N) is 1. The molecule has 0 aliphatic rings. The second kappa shape index (κ2) is 9.09. The third-order valence-electron chi connectivity index (χ3n) is 6.06. The highest BCUT2D eigenvalue weighted by molar-refractivity contribution is 7.89. The number of hydrogen-bond acceptors (Lipinski definition) is 5. The molecular formula is C24H29N5O4S. The predicted octanol–water partition coefficient (Wildman–Crippen LogP) is 2.85. The van der Waals surface area contributed by atoms with Crippen molar-refractivity contribution in [3.8, 4) is 0 Å². The molecule has 180 valence electrons. The number of rotatable bonds is 8. The van der Waals surface area contributed by atoms with Crippen molar-refractivity contribution in [1.82, 2.24) is 23.4 Å². The van der Waals surface area contributed by atoms with Gasteiger partial charge in [0.25, 0.3) is 0 Å². The van der Waals surface area contributed by atoms with Crippen molar-refractivity contribution in [2.24, 2.45) is 7.05 Å². The van der Waals surface area contributed by atoms with Crippen LogP contribution in [0.2, 0.25) is 0 Å². The van der Waals surface area contributed by atoms with Crippen molar-refractivity contribution in [2.45, 2.75) is 45.7 Å². The van der Waals surface area contributed by atoms with Gasteiger partial charge in [-0.1, -0.05) is 25.5 Å². The zero-order chi connectivity index (χ0) is 24.6. The lowest BCUT2D eigenvalue weighted by Gasteiger charge is -2.17. The van der Waals surface area contributed by atoms with Gasteiger partial charge in [0.2, 0.25) is 15.9 Å². The van der Waals surface area contributed by atoms with Gasteiger partial charge in [0.1, 0.15) is 0 Å². The van der Waals surface area contributed by atoms with Crippen LogP contribution in [0.1, 0.15) is 43.4 Å². The summed E-state index contributed by atoms with van der Waals surface area (Å²) < 4.78 is 30.3. The molecule has 1 unspecified atom stereocenters. The van der Waals surface area contributed by atoms with E-state index in [0.717, 1.165) is 28.3 Å². The van der Waals surface area contributed by atoms with E-state index in [-0.39, 0.29) is 12.1 Å². The number of benzene rings is 1. The van der Waals surface area contributed by atoms with Gasteiger partial charge in [0.15, 0.2) is 5.65 Å². The lowest BCUT2D eigenvalue weighted by atomic mass is 10.1. The molecule has 3 heterocycles. The number of carbonyl (C=O) groups is 1. The Morgan fingerprint density at radius 1 is 1.18 bits per heavy atom. The molecular weight excluding hydrogens is 454 g/mol. The zero-order valence-corrected chi connectivity index (χ0v) is 20.6. The molecule has 1 atom stereocenters. The molecule has 4 aromatic rings. The highest BCUT2D eigenvalue weighted by atomic mass is 32.2. The van der Waals surface area contributed by atoms with Gasteiger partial charge in [-0.25, -0.2) is 18.2 Å². The minimum absolute atomic E-state index is 0.135. The van der Waals surface area contributed by atoms with E-state index in [1.54, 1.807) is 21.4 Å². The Balaban J connectivity index is 1.83. The van der Waals surface area contributed by atoms with Gasteiger partial charge in [0.05, 0.1) is 18.3 Å². The molecule has 0 aliphatic heterocycles. The summed E-state index contributed by atoms with van der Waals surface area (Å²) in [6.07, 6.45) is 5.69. The molecule has 1 aromatic carbocycles. The lowest BCUT2D eigenvalue weighted by Crippen LogP contribution is -2.34. The molecule has 34 heavy (non-hydrogen) atoms. The van der Waals surface area contributed by atoms with Crippen LogP contribution in [0.15, 0.2) is 47.5 Å². The second-order valence-electron chi connectivity index (χ2n) is 8.76. The topological polar surface area (TPSA) is 108 Å². The van der Waals surface area contributed by atoms with Gasteiger partial charge in [0, 0.05) is 42.8 Å². The number of pyridine rings is 1. The first-order chi connectivity index (χ1) is 16.1. The lowest BCUT2D eigenvalue weighted by molar-refractivity contribution is -0.120. The van der Waals surface area contributed by atoms with E-state index in [2.05, 4.69) is 28.6 Å². The van der Waals surface area contributed by atoms with E-state index >= 15 is 0 Å². The summed E-state index contributed by atoms with van der Waals surface area (Å²) in [7, 11) is -1.70. The molecule has 9 nitrogen and oxygen atoms in total. The minimum Gasteiger partial charge on any atom is -0.350 e. The molecule has 0 bridgehead atoms. The number of nitrogens with zero attached hydrogens (tertiary/aromatic N) is 4. The Morgan fingerprint density at radius 2 is 1.91 bits per heavy atom. The van der Waals surface area contributed by atoms with Crippen molar-refractivity contribution in [3.63, 3.8) is 0 Å². The van der Waals surface area contributed by atoms with Crippen LogP contribution in [0.5, 0.6) is 0 Å². The van der Waals surface area contributed by atoms with Crippen LogP contribution in [0, 0.1) is 6.92 Å². The summed E-state index contributed by atoms with van der Waals surface area (Å²) in [4.78, 5) is 30.6. The fourth-order valence-corrected chi connectivity index (χ4v) is 5.23. The summed E-state index contributed by atoms with van der Waals surface area (Å²) in [5.74, 6) is -0.644. The number of sulfonamides is 1. The number of carbonyl (C=O) groups excluding carboxylic acids is 1. The maximum absolute atomic E-state index is 13.7. The molecule has 0 aliphatic carbocycles. The maximum Gasteiger partial charge on any atom is 0.330 e. The Kier molecular flexibility index (Phi) is 6.35. The highest BCUT2D eigenvalue weighted by Crippen LogP contribution is 2.27. The first-order valence-corrected chi connectivity index (χ1v) is 13.1. The van der Waals surface area contributed by atoms with Crippen molar-refractivity contribution < 1.29 is 13.2 Å². The molecule has 4 rings (SSSR count). The van der Waals surface area contributed by atoms with Crippen molar-refractivity contribution in [2.75, 3.05) is 6.26 Å². The first-order valence-electron chi connectivity index (χ1n) is 11.2. The third kappa shape index (κ3) is 4.50. The number of fused-ring (bicyclic) bond motifs is 2. The van der Waals surface area contributed by atoms with Gasteiger partial charge in [-0.15, -0.1) is 0 Å². The number of imidazole rings is 1. The van der Waals surface area contributed by atoms with E-state index in [1.165, 1.54) is 0 Å².